The Hall–Kier alpha value is -6.66. The highest BCUT2D eigenvalue weighted by Gasteiger charge is 2.33. The molecule has 2 atom stereocenters. The zero-order valence-electron chi connectivity index (χ0n) is 38.4. The molecule has 6 rings (SSSR count). The van der Waals surface area contributed by atoms with Gasteiger partial charge in [-0.2, -0.15) is 65.5 Å². The molecule has 0 bridgehead atoms. The zero-order chi connectivity index (χ0) is 59.4. The molecule has 0 radical (unpaired) electrons. The topological polar surface area (TPSA) is 571 Å². The number of azo groups is 2. The number of anilines is 5. The number of benzene rings is 5. The van der Waals surface area contributed by atoms with E-state index in [1.165, 1.54) is 12.1 Å². The van der Waals surface area contributed by atoms with Crippen molar-refractivity contribution >= 4 is 155 Å². The molecular formula is C35H31ClN10O25S8. The van der Waals surface area contributed by atoms with Crippen LogP contribution in [0.3, 0.4) is 0 Å². The van der Waals surface area contributed by atoms with E-state index in [9.17, 15) is 90.7 Å². The van der Waals surface area contributed by atoms with Crippen LogP contribution in [0.1, 0.15) is 13.8 Å². The van der Waals surface area contributed by atoms with Crippen molar-refractivity contribution in [2.75, 3.05) is 16.4 Å². The van der Waals surface area contributed by atoms with Crippen LogP contribution < -0.4 is 16.4 Å². The van der Waals surface area contributed by atoms with Gasteiger partial charge in [0.25, 0.3) is 40.5 Å². The second kappa shape index (κ2) is 21.8. The highest BCUT2D eigenvalue weighted by atomic mass is 35.5. The molecule has 1 heterocycles. The molecule has 0 spiro atoms. The van der Waals surface area contributed by atoms with Crippen LogP contribution in [-0.4, -0.2) is 126 Å². The minimum atomic E-state index is -5.62. The van der Waals surface area contributed by atoms with Gasteiger partial charge in [0.2, 0.25) is 36.9 Å². The Kier molecular flexibility index (Phi) is 17.0. The summed E-state index contributed by atoms with van der Waals surface area (Å²) in [5.41, 5.74) is -3.92. The van der Waals surface area contributed by atoms with E-state index in [4.69, 9.17) is 26.4 Å². The molecule has 0 saturated heterocycles. The van der Waals surface area contributed by atoms with Crippen molar-refractivity contribution in [3.63, 3.8) is 0 Å². The SMILES string of the molecule is CC(OS(=O)(=O)O)S(=O)(=O)c1ccc(Nc2nc(Cl)nc(Nc3ccc(S(=O)(=O)O)c(N=Nc4c(S(=O)(=O)O)cc5cc(S(=O)(=O)O)c(N=Nc6ccc(S(=O)(=O)C(C)OS(=O)(=O)O)cc6S(=O)(=O)O)c(N)c5c4O)c3)n2)cc1. The van der Waals surface area contributed by atoms with Gasteiger partial charge in [-0.3, -0.25) is 27.3 Å². The van der Waals surface area contributed by atoms with Crippen molar-refractivity contribution < 1.29 is 108 Å². The van der Waals surface area contributed by atoms with Gasteiger partial charge >= 0.3 is 20.8 Å². The summed E-state index contributed by atoms with van der Waals surface area (Å²) >= 11 is 6.08. The first-order valence-electron chi connectivity index (χ1n) is 20.0. The third kappa shape index (κ3) is 14.6. The van der Waals surface area contributed by atoms with Crippen molar-refractivity contribution in [1.82, 2.24) is 15.0 Å². The molecule has 35 nitrogen and oxygen atoms in total. The number of nitrogens with two attached hydrogens (primary N) is 1. The van der Waals surface area contributed by atoms with E-state index < -0.39 is 177 Å². The van der Waals surface area contributed by atoms with Crippen LogP contribution in [0.5, 0.6) is 5.75 Å². The van der Waals surface area contributed by atoms with Crippen molar-refractivity contribution in [2.45, 2.75) is 54.1 Å². The molecule has 1 aromatic heterocycles. The molecule has 6 aromatic rings. The number of nitrogen functional groups attached to an aromatic ring is 1. The van der Waals surface area contributed by atoms with Crippen molar-refractivity contribution in [2.24, 2.45) is 20.5 Å². The molecule has 11 N–H and O–H groups in total. The number of nitrogens with one attached hydrogen (secondary N) is 2. The number of rotatable bonds is 20. The van der Waals surface area contributed by atoms with Crippen LogP contribution in [0.2, 0.25) is 5.28 Å². The number of phenolic OH excluding ortho intramolecular Hbond substituents is 1. The van der Waals surface area contributed by atoms with E-state index in [0.717, 1.165) is 31.2 Å². The molecule has 0 amide bonds. The Morgan fingerprint density at radius 1 is 0.506 bits per heavy atom. The van der Waals surface area contributed by atoms with Gasteiger partial charge in [-0.1, -0.05) is 0 Å². The van der Waals surface area contributed by atoms with E-state index in [2.05, 4.69) is 54.4 Å². The maximum Gasteiger partial charge on any atom is 0.398 e. The molecule has 0 fully saturated rings. The molecule has 44 heteroatoms. The van der Waals surface area contributed by atoms with Gasteiger partial charge in [-0.15, -0.1) is 20.5 Å². The number of phenols is 1. The molecule has 79 heavy (non-hydrogen) atoms. The number of aromatic hydroxyl groups is 1. The predicted molar refractivity (Wildman–Crippen MR) is 267 cm³/mol. The van der Waals surface area contributed by atoms with Crippen LogP contribution in [0.15, 0.2) is 123 Å². The molecule has 2 unspecified atom stereocenters. The fourth-order valence-corrected chi connectivity index (χ4v) is 13.2. The van der Waals surface area contributed by atoms with E-state index in [1.807, 2.05) is 0 Å². The monoisotopic (exact) mass is 1280 g/mol. The lowest BCUT2D eigenvalue weighted by Crippen LogP contribution is -2.24. The Balaban J connectivity index is 1.42. The van der Waals surface area contributed by atoms with Crippen LogP contribution in [0.4, 0.5) is 51.7 Å². The van der Waals surface area contributed by atoms with Crippen LogP contribution in [-0.2, 0) is 89.3 Å². The highest BCUT2D eigenvalue weighted by Crippen LogP contribution is 2.49. The smallest absolute Gasteiger partial charge is 0.398 e. The van der Waals surface area contributed by atoms with Crippen molar-refractivity contribution in [3.8, 4) is 5.75 Å². The molecule has 0 aliphatic heterocycles. The lowest BCUT2D eigenvalue weighted by molar-refractivity contribution is 0.250. The van der Waals surface area contributed by atoms with Crippen LogP contribution in [0.25, 0.3) is 10.8 Å². The fraction of sp³-hybridized carbons (Fsp3) is 0.114. The van der Waals surface area contributed by atoms with Gasteiger partial charge in [0, 0.05) is 11.4 Å². The van der Waals surface area contributed by atoms with E-state index in [0.29, 0.717) is 37.3 Å². The van der Waals surface area contributed by atoms with Gasteiger partial charge in [-0.25, -0.2) is 25.2 Å². The lowest BCUT2D eigenvalue weighted by Gasteiger charge is -2.14. The predicted octanol–water partition coefficient (Wildman–Crippen LogP) is 4.15. The summed E-state index contributed by atoms with van der Waals surface area (Å²) in [4.78, 5) is 5.00. The van der Waals surface area contributed by atoms with E-state index >= 15 is 0 Å². The molecule has 5 aromatic carbocycles. The minimum Gasteiger partial charge on any atom is -0.505 e. The largest absolute Gasteiger partial charge is 0.505 e. The third-order valence-corrected chi connectivity index (χ3v) is 18.6. The Morgan fingerprint density at radius 2 is 0.937 bits per heavy atom. The van der Waals surface area contributed by atoms with Gasteiger partial charge < -0.3 is 21.5 Å². The Bertz CT molecular complexity index is 4540. The van der Waals surface area contributed by atoms with Gasteiger partial charge in [-0.05, 0) is 104 Å². The number of aromatic nitrogens is 3. The van der Waals surface area contributed by atoms with Crippen LogP contribution >= 0.6 is 11.6 Å². The maximum atomic E-state index is 12.9. The first-order chi connectivity index (χ1) is 36.0. The second-order valence-corrected chi connectivity index (χ2v) is 27.7. The lowest BCUT2D eigenvalue weighted by atomic mass is 10.1. The first-order valence-corrected chi connectivity index (χ1v) is 31.9. The van der Waals surface area contributed by atoms with Gasteiger partial charge in [0.05, 0.1) is 20.9 Å². The maximum absolute atomic E-state index is 12.9. The number of nitrogens with zero attached hydrogens (tertiary/aromatic N) is 7. The van der Waals surface area contributed by atoms with Crippen LogP contribution in [0, 0.1) is 0 Å². The average Bonchev–Trinajstić information content (AvgIpc) is 3.41. The van der Waals surface area contributed by atoms with Gasteiger partial charge in [0.15, 0.2) is 16.6 Å². The summed E-state index contributed by atoms with van der Waals surface area (Å²) in [5, 5.41) is 28.9. The molecule has 426 valence electrons. The fourth-order valence-electron chi connectivity index (χ4n) is 6.44. The molecular weight excluding hydrogens is 1250 g/mol. The summed E-state index contributed by atoms with van der Waals surface area (Å²) in [6.45, 7) is 1.46. The molecule has 0 aliphatic carbocycles. The summed E-state index contributed by atoms with van der Waals surface area (Å²) in [6, 6.07) is 8.94. The highest BCUT2D eigenvalue weighted by molar-refractivity contribution is 7.93. The number of fused-ring (bicyclic) bond motifs is 1. The number of hydrogen-bond acceptors (Lipinski definition) is 29. The summed E-state index contributed by atoms with van der Waals surface area (Å²) in [5.74, 6) is -2.20. The average molecular weight is 1280 g/mol. The Morgan fingerprint density at radius 3 is 1.43 bits per heavy atom. The van der Waals surface area contributed by atoms with Gasteiger partial charge in [0.1, 0.15) is 42.3 Å². The van der Waals surface area contributed by atoms with E-state index in [1.54, 1.807) is 0 Å². The Labute approximate surface area is 450 Å². The molecule has 0 aliphatic rings. The number of hydrogen-bond donors (Lipinski definition) is 10. The third-order valence-electron chi connectivity index (χ3n) is 9.85. The normalized spacial score (nSPS) is 14.2. The number of halogens is 1. The summed E-state index contributed by atoms with van der Waals surface area (Å²) < 4.78 is 263. The second-order valence-electron chi connectivity index (χ2n) is 15.2. The molecule has 0 saturated carbocycles. The summed E-state index contributed by atoms with van der Waals surface area (Å²) in [6.07, 6.45) is 0. The first kappa shape index (κ1) is 61.6. The standard InChI is InChI=1S/C35H31ClN10O25S8/c1-15(70-78(64,65)66)72(48,49)20-6-3-18(4-7-20)38-34-40-33(36)41-35(42-34)39-19-5-10-24(74(52,53)54)23(13-19)44-46-31-27(77(61,62)63)12-17-11-26(76(58,59)60)30(29(37)28(17)32(31)47)45-43-22-9-8-21(14-25(22)75(55,56)57)73(50,51)16(2)71-79(67,68)69/h3-16,47H,37H2,1-2H3,(H,52,53,54)(H,55,56,57)(H,58,59,60)(H,61,62,63)(H,64,65,66)(H,67,68,69)(H2,38,39,40,41,42). The quantitative estimate of drug-likeness (QED) is 0.0291. The van der Waals surface area contributed by atoms with Crippen molar-refractivity contribution in [3.05, 3.63) is 78.1 Å². The van der Waals surface area contributed by atoms with E-state index in [-0.39, 0.29) is 23.4 Å². The van der Waals surface area contributed by atoms with Crippen molar-refractivity contribution in [1.29, 1.82) is 0 Å². The zero-order valence-corrected chi connectivity index (χ0v) is 45.7. The number of sulfone groups is 2. The minimum absolute atomic E-state index is 0.0951. The summed E-state index contributed by atoms with van der Waals surface area (Å²) in [7, 11) is -42.1.